The van der Waals surface area contributed by atoms with Gasteiger partial charge in [0.15, 0.2) is 0 Å². The summed E-state index contributed by atoms with van der Waals surface area (Å²) in [4.78, 5) is 20.9. The summed E-state index contributed by atoms with van der Waals surface area (Å²) < 4.78 is 10.3. The Morgan fingerprint density at radius 1 is 0.964 bits per heavy atom. The van der Waals surface area contributed by atoms with E-state index in [1.165, 1.54) is 6.26 Å². The van der Waals surface area contributed by atoms with Crippen LogP contribution in [0.1, 0.15) is 16.4 Å². The number of nitrogens with zero attached hydrogens (tertiary/aromatic N) is 2. The first-order valence-corrected chi connectivity index (χ1v) is 8.71. The summed E-state index contributed by atoms with van der Waals surface area (Å²) >= 11 is 0. The number of hydrogen-bond acceptors (Lipinski definition) is 6. The van der Waals surface area contributed by atoms with Crippen LogP contribution in [0.25, 0.3) is 11.3 Å². The largest absolute Gasteiger partial charge is 0.457 e. The number of aryl methyl sites for hydroxylation is 1. The summed E-state index contributed by atoms with van der Waals surface area (Å²) in [5, 5.41) is 3.25. The monoisotopic (exact) mass is 371 g/mol. The Morgan fingerprint density at radius 3 is 2.46 bits per heavy atom. The van der Waals surface area contributed by atoms with Gasteiger partial charge >= 0.3 is 5.97 Å². The van der Waals surface area contributed by atoms with Crippen molar-refractivity contribution in [3.63, 3.8) is 0 Å². The molecule has 0 unspecified atom stereocenters. The normalized spacial score (nSPS) is 10.5. The Morgan fingerprint density at radius 2 is 1.75 bits per heavy atom. The molecule has 0 amide bonds. The first-order valence-electron chi connectivity index (χ1n) is 8.71. The van der Waals surface area contributed by atoms with Crippen molar-refractivity contribution in [2.24, 2.45) is 0 Å². The molecule has 2 aromatic carbocycles. The van der Waals surface area contributed by atoms with Crippen molar-refractivity contribution >= 4 is 17.5 Å². The Bertz CT molecular complexity index is 1080. The molecule has 4 aromatic rings. The number of hydrogen-bond donors (Lipinski definition) is 1. The van der Waals surface area contributed by atoms with Gasteiger partial charge in [0.2, 0.25) is 5.76 Å². The minimum absolute atomic E-state index is 0.159. The predicted octanol–water partition coefficient (Wildman–Crippen LogP) is 5.01. The van der Waals surface area contributed by atoms with Crippen LogP contribution in [-0.4, -0.2) is 15.9 Å². The van der Waals surface area contributed by atoms with Crippen molar-refractivity contribution in [2.75, 3.05) is 5.32 Å². The van der Waals surface area contributed by atoms with Gasteiger partial charge in [-0.3, -0.25) is 0 Å². The van der Waals surface area contributed by atoms with Crippen LogP contribution in [0.5, 0.6) is 5.75 Å². The van der Waals surface area contributed by atoms with E-state index in [0.717, 1.165) is 16.9 Å². The van der Waals surface area contributed by atoms with Gasteiger partial charge in [-0.2, -0.15) is 0 Å². The third-order valence-corrected chi connectivity index (χ3v) is 3.97. The molecule has 4 rings (SSSR count). The first-order chi connectivity index (χ1) is 13.7. The molecular formula is C22H17N3O3. The molecule has 2 heterocycles. The highest BCUT2D eigenvalue weighted by atomic mass is 16.5. The maximum Gasteiger partial charge on any atom is 0.379 e. The van der Waals surface area contributed by atoms with Crippen molar-refractivity contribution in [1.82, 2.24) is 9.97 Å². The number of benzene rings is 2. The average Bonchev–Trinajstić information content (AvgIpc) is 3.25. The van der Waals surface area contributed by atoms with Gasteiger partial charge in [0.05, 0.1) is 12.0 Å². The van der Waals surface area contributed by atoms with E-state index >= 15 is 0 Å². The third-order valence-electron chi connectivity index (χ3n) is 3.97. The number of nitrogens with one attached hydrogen (secondary N) is 1. The molecule has 0 atom stereocenters. The SMILES string of the molecule is Cc1nc(Nc2ccc(OC(=O)c3ccco3)cc2)cc(-c2ccccc2)n1. The minimum atomic E-state index is -0.537. The molecule has 0 radical (unpaired) electrons. The number of carbonyl (C=O) groups is 1. The van der Waals surface area contributed by atoms with Gasteiger partial charge < -0.3 is 14.5 Å². The molecule has 6 nitrogen and oxygen atoms in total. The molecule has 0 saturated carbocycles. The van der Waals surface area contributed by atoms with E-state index in [0.29, 0.717) is 17.4 Å². The van der Waals surface area contributed by atoms with Gasteiger partial charge in [0, 0.05) is 17.3 Å². The summed E-state index contributed by atoms with van der Waals surface area (Å²) in [6, 6.07) is 22.0. The second-order valence-electron chi connectivity index (χ2n) is 6.07. The Hall–Kier alpha value is -3.93. The van der Waals surface area contributed by atoms with Crippen LogP contribution in [0, 0.1) is 6.92 Å². The van der Waals surface area contributed by atoms with Gasteiger partial charge in [0.1, 0.15) is 17.4 Å². The number of carbonyl (C=O) groups excluding carboxylic acids is 1. The Balaban J connectivity index is 1.49. The molecule has 0 saturated heterocycles. The Kier molecular flexibility index (Phi) is 4.84. The fourth-order valence-corrected chi connectivity index (χ4v) is 2.69. The van der Waals surface area contributed by atoms with Gasteiger partial charge in [-0.05, 0) is 43.3 Å². The Labute approximate surface area is 161 Å². The average molecular weight is 371 g/mol. The lowest BCUT2D eigenvalue weighted by Gasteiger charge is -2.09. The third kappa shape index (κ3) is 4.07. The van der Waals surface area contributed by atoms with Gasteiger partial charge in [-0.1, -0.05) is 30.3 Å². The summed E-state index contributed by atoms with van der Waals surface area (Å²) in [7, 11) is 0. The zero-order valence-corrected chi connectivity index (χ0v) is 15.1. The minimum Gasteiger partial charge on any atom is -0.457 e. The first kappa shape index (κ1) is 17.5. The number of esters is 1. The van der Waals surface area contributed by atoms with Gasteiger partial charge in [-0.25, -0.2) is 14.8 Å². The van der Waals surface area contributed by atoms with Crippen LogP contribution >= 0.6 is 0 Å². The fraction of sp³-hybridized carbons (Fsp3) is 0.0455. The highest BCUT2D eigenvalue weighted by Crippen LogP contribution is 2.23. The number of furan rings is 1. The molecule has 1 N–H and O–H groups in total. The second kappa shape index (κ2) is 7.75. The molecule has 0 aliphatic carbocycles. The van der Waals surface area contributed by atoms with E-state index in [9.17, 15) is 4.79 Å². The highest BCUT2D eigenvalue weighted by Gasteiger charge is 2.11. The van der Waals surface area contributed by atoms with E-state index < -0.39 is 5.97 Å². The number of aromatic nitrogens is 2. The lowest BCUT2D eigenvalue weighted by Crippen LogP contribution is -2.07. The number of anilines is 2. The van der Waals surface area contributed by atoms with Crippen LogP contribution < -0.4 is 10.1 Å². The van der Waals surface area contributed by atoms with Crippen LogP contribution in [0.15, 0.2) is 83.5 Å². The molecule has 138 valence electrons. The molecule has 6 heteroatoms. The van der Waals surface area contributed by atoms with E-state index in [-0.39, 0.29) is 5.76 Å². The van der Waals surface area contributed by atoms with E-state index in [1.54, 1.807) is 24.3 Å². The van der Waals surface area contributed by atoms with Crippen molar-refractivity contribution in [3.05, 3.63) is 90.6 Å². The topological polar surface area (TPSA) is 77.3 Å². The van der Waals surface area contributed by atoms with Gasteiger partial charge in [-0.15, -0.1) is 0 Å². The number of rotatable bonds is 5. The van der Waals surface area contributed by atoms with Crippen LogP contribution in [0.2, 0.25) is 0 Å². The molecule has 2 aromatic heterocycles. The van der Waals surface area contributed by atoms with Crippen LogP contribution in [-0.2, 0) is 0 Å². The molecular weight excluding hydrogens is 354 g/mol. The molecule has 0 aliphatic heterocycles. The van der Waals surface area contributed by atoms with E-state index in [4.69, 9.17) is 9.15 Å². The van der Waals surface area contributed by atoms with Gasteiger partial charge in [0.25, 0.3) is 0 Å². The van der Waals surface area contributed by atoms with E-state index in [1.807, 2.05) is 55.5 Å². The summed E-state index contributed by atoms with van der Waals surface area (Å²) in [6.07, 6.45) is 1.43. The van der Waals surface area contributed by atoms with Crippen molar-refractivity contribution in [1.29, 1.82) is 0 Å². The van der Waals surface area contributed by atoms with Crippen molar-refractivity contribution in [3.8, 4) is 17.0 Å². The zero-order chi connectivity index (χ0) is 19.3. The zero-order valence-electron chi connectivity index (χ0n) is 15.1. The summed E-state index contributed by atoms with van der Waals surface area (Å²) in [6.45, 7) is 1.86. The van der Waals surface area contributed by atoms with Crippen molar-refractivity contribution < 1.29 is 13.9 Å². The summed E-state index contributed by atoms with van der Waals surface area (Å²) in [5.74, 6) is 1.41. The van der Waals surface area contributed by atoms with Crippen LogP contribution in [0.3, 0.4) is 0 Å². The molecule has 0 bridgehead atoms. The maximum atomic E-state index is 11.9. The summed E-state index contributed by atoms with van der Waals surface area (Å²) in [5.41, 5.74) is 2.69. The van der Waals surface area contributed by atoms with Crippen LogP contribution in [0.4, 0.5) is 11.5 Å². The highest BCUT2D eigenvalue weighted by molar-refractivity contribution is 5.88. The van der Waals surface area contributed by atoms with Crippen molar-refractivity contribution in [2.45, 2.75) is 6.92 Å². The lowest BCUT2D eigenvalue weighted by molar-refractivity contribution is 0.0701. The molecule has 0 aliphatic rings. The molecule has 0 fully saturated rings. The smallest absolute Gasteiger partial charge is 0.379 e. The lowest BCUT2D eigenvalue weighted by atomic mass is 10.1. The fourth-order valence-electron chi connectivity index (χ4n) is 2.69. The maximum absolute atomic E-state index is 11.9. The standard InChI is InChI=1S/C22H17N3O3/c1-15-23-19(16-6-3-2-4-7-16)14-21(24-15)25-17-9-11-18(12-10-17)28-22(26)20-8-5-13-27-20/h2-14H,1H3,(H,23,24,25). The van der Waals surface area contributed by atoms with E-state index in [2.05, 4.69) is 15.3 Å². The predicted molar refractivity (Wildman–Crippen MR) is 106 cm³/mol. The molecule has 28 heavy (non-hydrogen) atoms. The quantitative estimate of drug-likeness (QED) is 0.393. The molecule has 0 spiro atoms. The number of ether oxygens (including phenoxy) is 1. The second-order valence-corrected chi connectivity index (χ2v) is 6.07.